The van der Waals surface area contributed by atoms with E-state index in [1.807, 2.05) is 6.07 Å². The van der Waals surface area contributed by atoms with E-state index in [4.69, 9.17) is 10.3 Å². The van der Waals surface area contributed by atoms with Gasteiger partial charge in [-0.05, 0) is 34.5 Å². The molecule has 0 spiro atoms. The topological polar surface area (TPSA) is 92.9 Å². The second kappa shape index (κ2) is 5.94. The molecule has 7 nitrogen and oxygen atoms in total. The Balaban J connectivity index is 2.72. The van der Waals surface area contributed by atoms with Gasteiger partial charge < -0.3 is 9.30 Å². The smallest absolute Gasteiger partial charge is 0.342 e. The van der Waals surface area contributed by atoms with Crippen LogP contribution in [0, 0.1) is 0 Å². The molecule has 0 amide bonds. The van der Waals surface area contributed by atoms with Crippen LogP contribution in [0.2, 0.25) is 0 Å². The first-order chi connectivity index (χ1) is 9.60. The minimum absolute atomic E-state index is 0.0646. The number of carbonyl (C=O) groups excluding carboxylic acids is 1. The zero-order valence-electron chi connectivity index (χ0n) is 11.0. The molecule has 104 valence electrons. The van der Waals surface area contributed by atoms with Gasteiger partial charge in [-0.1, -0.05) is 5.11 Å². The van der Waals surface area contributed by atoms with Gasteiger partial charge in [0.15, 0.2) is 0 Å². The molecule has 0 saturated heterocycles. The maximum Gasteiger partial charge on any atom is 0.342 e. The zero-order chi connectivity index (χ0) is 14.7. The van der Waals surface area contributed by atoms with Crippen molar-refractivity contribution in [3.8, 4) is 0 Å². The van der Waals surface area contributed by atoms with Crippen molar-refractivity contribution in [2.45, 2.75) is 13.5 Å². The number of fused-ring (bicyclic) bond motifs is 1. The molecule has 0 saturated carbocycles. The van der Waals surface area contributed by atoms with E-state index < -0.39 is 5.97 Å². The van der Waals surface area contributed by atoms with Crippen LogP contribution in [0.4, 0.5) is 0 Å². The predicted octanol–water partition coefficient (Wildman–Crippen LogP) is 3.32. The molecule has 0 N–H and O–H groups in total. The van der Waals surface area contributed by atoms with Crippen LogP contribution >= 0.6 is 15.9 Å². The Morgan fingerprint density at radius 1 is 1.65 bits per heavy atom. The lowest BCUT2D eigenvalue weighted by Crippen LogP contribution is -2.08. The van der Waals surface area contributed by atoms with Crippen molar-refractivity contribution in [2.24, 2.45) is 12.2 Å². The number of aromatic nitrogens is 2. The first-order valence-electron chi connectivity index (χ1n) is 5.91. The zero-order valence-corrected chi connectivity index (χ0v) is 12.6. The summed E-state index contributed by atoms with van der Waals surface area (Å²) in [5.41, 5.74) is 10.7. The molecule has 2 heterocycles. The summed E-state index contributed by atoms with van der Waals surface area (Å²) in [5, 5.41) is 3.54. The van der Waals surface area contributed by atoms with Crippen molar-refractivity contribution in [1.29, 1.82) is 0 Å². The molecule has 8 heteroatoms. The Hall–Kier alpha value is -2.05. The van der Waals surface area contributed by atoms with Crippen molar-refractivity contribution in [1.82, 2.24) is 9.55 Å². The number of hydrogen-bond donors (Lipinski definition) is 0. The summed E-state index contributed by atoms with van der Waals surface area (Å²) in [4.78, 5) is 19.1. The first-order valence-corrected chi connectivity index (χ1v) is 6.70. The Kier molecular flexibility index (Phi) is 4.26. The SMILES string of the molecule is CCOC(=O)c1c(CN=[N+]=[N-])n(C)c2cc(Br)cnc12. The average Bonchev–Trinajstić information content (AvgIpc) is 2.69. The molecular weight excluding hydrogens is 326 g/mol. The highest BCUT2D eigenvalue weighted by Crippen LogP contribution is 2.27. The van der Waals surface area contributed by atoms with E-state index in [1.165, 1.54) is 0 Å². The third kappa shape index (κ3) is 2.48. The standard InChI is InChI=1S/C12H12BrN5O2/c1-3-20-12(19)10-9(6-16-17-14)18(2)8-4-7(13)5-15-11(8)10/h4-5H,3,6H2,1-2H3. The summed E-state index contributed by atoms with van der Waals surface area (Å²) in [7, 11) is 1.79. The molecule has 0 radical (unpaired) electrons. The van der Waals surface area contributed by atoms with Crippen LogP contribution in [0.3, 0.4) is 0 Å². The van der Waals surface area contributed by atoms with E-state index in [9.17, 15) is 4.79 Å². The molecule has 0 atom stereocenters. The number of hydrogen-bond acceptors (Lipinski definition) is 4. The molecule has 0 fully saturated rings. The number of carbonyl (C=O) groups is 1. The Bertz CT molecular complexity index is 718. The van der Waals surface area contributed by atoms with Crippen LogP contribution in [0.25, 0.3) is 21.5 Å². The van der Waals surface area contributed by atoms with Gasteiger partial charge in [-0.2, -0.15) is 0 Å². The van der Waals surface area contributed by atoms with E-state index in [-0.39, 0.29) is 13.2 Å². The summed E-state index contributed by atoms with van der Waals surface area (Å²) >= 11 is 3.35. The molecule has 0 aliphatic rings. The number of azide groups is 1. The fourth-order valence-electron chi connectivity index (χ4n) is 2.03. The Morgan fingerprint density at radius 2 is 2.40 bits per heavy atom. The van der Waals surface area contributed by atoms with Gasteiger partial charge >= 0.3 is 5.97 Å². The quantitative estimate of drug-likeness (QED) is 0.370. The second-order valence-corrected chi connectivity index (χ2v) is 4.93. The van der Waals surface area contributed by atoms with Gasteiger partial charge in [0.2, 0.25) is 0 Å². The number of aryl methyl sites for hydroxylation is 1. The number of ether oxygens (including phenoxy) is 1. The third-order valence-corrected chi connectivity index (χ3v) is 3.32. The molecule has 2 rings (SSSR count). The third-order valence-electron chi connectivity index (χ3n) is 2.89. The van der Waals surface area contributed by atoms with Gasteiger partial charge in [-0.25, -0.2) is 4.79 Å². The van der Waals surface area contributed by atoms with Gasteiger partial charge in [0.25, 0.3) is 0 Å². The highest BCUT2D eigenvalue weighted by atomic mass is 79.9. The van der Waals surface area contributed by atoms with Crippen molar-refractivity contribution < 1.29 is 9.53 Å². The number of pyridine rings is 1. The summed E-state index contributed by atoms with van der Waals surface area (Å²) in [6.07, 6.45) is 1.61. The summed E-state index contributed by atoms with van der Waals surface area (Å²) in [5.74, 6) is -0.462. The maximum atomic E-state index is 12.1. The van der Waals surface area contributed by atoms with E-state index in [0.29, 0.717) is 16.8 Å². The van der Waals surface area contributed by atoms with Crippen molar-refractivity contribution in [3.63, 3.8) is 0 Å². The van der Waals surface area contributed by atoms with Gasteiger partial charge in [-0.3, -0.25) is 4.98 Å². The van der Waals surface area contributed by atoms with Crippen LogP contribution in [0.5, 0.6) is 0 Å². The lowest BCUT2D eigenvalue weighted by Gasteiger charge is -2.04. The predicted molar refractivity (Wildman–Crippen MR) is 77.2 cm³/mol. The molecule has 0 aliphatic heterocycles. The highest BCUT2D eigenvalue weighted by Gasteiger charge is 2.22. The van der Waals surface area contributed by atoms with Crippen LogP contribution in [-0.2, 0) is 18.3 Å². The number of rotatable bonds is 4. The number of nitrogens with zero attached hydrogens (tertiary/aromatic N) is 5. The lowest BCUT2D eigenvalue weighted by atomic mass is 10.2. The largest absolute Gasteiger partial charge is 0.462 e. The van der Waals surface area contributed by atoms with Crippen molar-refractivity contribution >= 4 is 32.9 Å². The first kappa shape index (κ1) is 14.4. The van der Waals surface area contributed by atoms with Crippen LogP contribution in [-0.4, -0.2) is 22.1 Å². The van der Waals surface area contributed by atoms with E-state index >= 15 is 0 Å². The second-order valence-electron chi connectivity index (χ2n) is 4.01. The molecule has 2 aromatic rings. The minimum Gasteiger partial charge on any atom is -0.462 e. The number of halogens is 1. The van der Waals surface area contributed by atoms with Crippen LogP contribution in [0.15, 0.2) is 21.9 Å². The lowest BCUT2D eigenvalue weighted by molar-refractivity contribution is 0.0527. The fraction of sp³-hybridized carbons (Fsp3) is 0.333. The van der Waals surface area contributed by atoms with E-state index in [0.717, 1.165) is 9.99 Å². The molecule has 2 aromatic heterocycles. The van der Waals surface area contributed by atoms with Crippen molar-refractivity contribution in [3.05, 3.63) is 38.4 Å². The molecule has 0 bridgehead atoms. The van der Waals surface area contributed by atoms with Crippen LogP contribution < -0.4 is 0 Å². The van der Waals surface area contributed by atoms with Gasteiger partial charge in [0, 0.05) is 28.3 Å². The summed E-state index contributed by atoms with van der Waals surface area (Å²) in [6, 6.07) is 1.85. The fourth-order valence-corrected chi connectivity index (χ4v) is 2.35. The van der Waals surface area contributed by atoms with Gasteiger partial charge in [-0.15, -0.1) is 0 Å². The van der Waals surface area contributed by atoms with E-state index in [1.54, 1.807) is 24.7 Å². The monoisotopic (exact) mass is 337 g/mol. The maximum absolute atomic E-state index is 12.1. The van der Waals surface area contributed by atoms with Gasteiger partial charge in [0.05, 0.1) is 18.7 Å². The van der Waals surface area contributed by atoms with E-state index in [2.05, 4.69) is 30.9 Å². The minimum atomic E-state index is -0.462. The molecule has 0 aromatic carbocycles. The highest BCUT2D eigenvalue weighted by molar-refractivity contribution is 9.10. The van der Waals surface area contributed by atoms with Crippen molar-refractivity contribution in [2.75, 3.05) is 6.61 Å². The Labute approximate surface area is 123 Å². The normalized spacial score (nSPS) is 10.3. The summed E-state index contributed by atoms with van der Waals surface area (Å²) in [6.45, 7) is 2.07. The average molecular weight is 338 g/mol. The van der Waals surface area contributed by atoms with Gasteiger partial charge in [0.1, 0.15) is 11.1 Å². The summed E-state index contributed by atoms with van der Waals surface area (Å²) < 4.78 is 7.65. The van der Waals surface area contributed by atoms with Crippen LogP contribution in [0.1, 0.15) is 23.0 Å². The Morgan fingerprint density at radius 3 is 3.05 bits per heavy atom. The molecular formula is C12H12BrN5O2. The molecule has 0 unspecified atom stereocenters. The number of esters is 1. The molecule has 20 heavy (non-hydrogen) atoms. The molecule has 0 aliphatic carbocycles.